The average Bonchev–Trinajstić information content (AvgIpc) is 2.42. The van der Waals surface area contributed by atoms with Crippen LogP contribution in [0.3, 0.4) is 0 Å². The Morgan fingerprint density at radius 3 is 2.63 bits per heavy atom. The van der Waals surface area contributed by atoms with E-state index in [0.717, 1.165) is 18.3 Å². The summed E-state index contributed by atoms with van der Waals surface area (Å²) in [5.41, 5.74) is 1.40. The summed E-state index contributed by atoms with van der Waals surface area (Å²) in [6.45, 7) is 5.83. The molecule has 0 spiro atoms. The van der Waals surface area contributed by atoms with Crippen molar-refractivity contribution in [2.24, 2.45) is 11.8 Å². The lowest BCUT2D eigenvalue weighted by atomic mass is 9.83. The standard InChI is InChI=1S/C17H26BrN/c1-3-17(15-5-4-6-16(18)11-15)19-12-14-9-7-13(2)8-10-14/h4-6,11,13-14,17,19H,3,7-10,12H2,1-2H3. The van der Waals surface area contributed by atoms with E-state index in [-0.39, 0.29) is 0 Å². The first-order chi connectivity index (χ1) is 9.19. The predicted molar refractivity (Wildman–Crippen MR) is 86.3 cm³/mol. The van der Waals surface area contributed by atoms with Crippen LogP contribution in [0.4, 0.5) is 0 Å². The summed E-state index contributed by atoms with van der Waals surface area (Å²) in [5.74, 6) is 1.83. The minimum absolute atomic E-state index is 0.497. The molecule has 2 rings (SSSR count). The van der Waals surface area contributed by atoms with Crippen LogP contribution in [-0.2, 0) is 0 Å². The summed E-state index contributed by atoms with van der Waals surface area (Å²) in [4.78, 5) is 0. The molecule has 0 aromatic heterocycles. The molecular weight excluding hydrogens is 298 g/mol. The number of rotatable bonds is 5. The van der Waals surface area contributed by atoms with Gasteiger partial charge in [0.15, 0.2) is 0 Å². The van der Waals surface area contributed by atoms with Crippen molar-refractivity contribution in [2.45, 2.75) is 52.0 Å². The van der Waals surface area contributed by atoms with Crippen LogP contribution in [0, 0.1) is 11.8 Å². The number of benzene rings is 1. The summed E-state index contributed by atoms with van der Waals surface area (Å²) in [5, 5.41) is 3.78. The summed E-state index contributed by atoms with van der Waals surface area (Å²) < 4.78 is 1.18. The molecule has 1 aromatic carbocycles. The summed E-state index contributed by atoms with van der Waals surface area (Å²) >= 11 is 3.57. The molecule has 1 nitrogen and oxygen atoms in total. The quantitative estimate of drug-likeness (QED) is 0.773. The monoisotopic (exact) mass is 323 g/mol. The molecule has 1 aliphatic rings. The van der Waals surface area contributed by atoms with E-state index in [4.69, 9.17) is 0 Å². The maximum Gasteiger partial charge on any atom is 0.0318 e. The Morgan fingerprint density at radius 2 is 2.00 bits per heavy atom. The topological polar surface area (TPSA) is 12.0 Å². The van der Waals surface area contributed by atoms with Crippen LogP contribution >= 0.6 is 15.9 Å². The van der Waals surface area contributed by atoms with E-state index in [1.165, 1.54) is 42.3 Å². The van der Waals surface area contributed by atoms with Crippen molar-refractivity contribution in [2.75, 3.05) is 6.54 Å². The lowest BCUT2D eigenvalue weighted by Gasteiger charge is -2.28. The first-order valence-electron chi connectivity index (χ1n) is 7.68. The normalized spacial score (nSPS) is 25.2. The Bertz CT molecular complexity index is 383. The largest absolute Gasteiger partial charge is 0.310 e. The maximum atomic E-state index is 3.78. The zero-order chi connectivity index (χ0) is 13.7. The van der Waals surface area contributed by atoms with Crippen molar-refractivity contribution >= 4 is 15.9 Å². The Morgan fingerprint density at radius 1 is 1.26 bits per heavy atom. The minimum atomic E-state index is 0.497. The highest BCUT2D eigenvalue weighted by molar-refractivity contribution is 9.10. The Balaban J connectivity index is 1.86. The van der Waals surface area contributed by atoms with E-state index in [1.54, 1.807) is 0 Å². The molecule has 1 N–H and O–H groups in total. The van der Waals surface area contributed by atoms with Gasteiger partial charge >= 0.3 is 0 Å². The van der Waals surface area contributed by atoms with Gasteiger partial charge < -0.3 is 5.32 Å². The van der Waals surface area contributed by atoms with Crippen LogP contribution in [0.25, 0.3) is 0 Å². The number of hydrogen-bond acceptors (Lipinski definition) is 1. The number of nitrogens with one attached hydrogen (secondary N) is 1. The molecule has 1 aromatic rings. The van der Waals surface area contributed by atoms with Gasteiger partial charge in [0.25, 0.3) is 0 Å². The highest BCUT2D eigenvalue weighted by atomic mass is 79.9. The molecule has 0 amide bonds. The van der Waals surface area contributed by atoms with Gasteiger partial charge in [-0.05, 0) is 55.3 Å². The van der Waals surface area contributed by atoms with Crippen molar-refractivity contribution < 1.29 is 0 Å². The van der Waals surface area contributed by atoms with Gasteiger partial charge in [-0.25, -0.2) is 0 Å². The zero-order valence-corrected chi connectivity index (χ0v) is 13.7. The van der Waals surface area contributed by atoms with E-state index in [2.05, 4.69) is 59.4 Å². The van der Waals surface area contributed by atoms with E-state index >= 15 is 0 Å². The smallest absolute Gasteiger partial charge is 0.0318 e. The highest BCUT2D eigenvalue weighted by Crippen LogP contribution is 2.28. The van der Waals surface area contributed by atoms with Crippen molar-refractivity contribution in [3.63, 3.8) is 0 Å². The maximum absolute atomic E-state index is 3.78. The number of halogens is 1. The van der Waals surface area contributed by atoms with Crippen molar-refractivity contribution in [3.05, 3.63) is 34.3 Å². The second-order valence-corrected chi connectivity index (χ2v) is 6.97. The van der Waals surface area contributed by atoms with Crippen LogP contribution in [0.15, 0.2) is 28.7 Å². The van der Waals surface area contributed by atoms with Crippen molar-refractivity contribution in [3.8, 4) is 0 Å². The molecule has 1 fully saturated rings. The fourth-order valence-electron chi connectivity index (χ4n) is 3.06. The molecule has 0 saturated heterocycles. The summed E-state index contributed by atoms with van der Waals surface area (Å²) in [7, 11) is 0. The fraction of sp³-hybridized carbons (Fsp3) is 0.647. The first kappa shape index (κ1) is 15.1. The minimum Gasteiger partial charge on any atom is -0.310 e. The lowest BCUT2D eigenvalue weighted by molar-refractivity contribution is 0.273. The molecule has 1 unspecified atom stereocenters. The number of hydrogen-bond donors (Lipinski definition) is 1. The van der Waals surface area contributed by atoms with Gasteiger partial charge in [0, 0.05) is 10.5 Å². The molecule has 1 aliphatic carbocycles. The van der Waals surface area contributed by atoms with E-state index in [0.29, 0.717) is 6.04 Å². The molecule has 106 valence electrons. The van der Waals surface area contributed by atoms with Crippen LogP contribution in [0.1, 0.15) is 57.6 Å². The fourth-order valence-corrected chi connectivity index (χ4v) is 3.48. The Labute approximate surface area is 126 Å². The third-order valence-electron chi connectivity index (χ3n) is 4.45. The molecular formula is C17H26BrN. The molecule has 1 atom stereocenters. The van der Waals surface area contributed by atoms with Gasteiger partial charge in [-0.3, -0.25) is 0 Å². The van der Waals surface area contributed by atoms with Gasteiger partial charge in [0.1, 0.15) is 0 Å². The van der Waals surface area contributed by atoms with Crippen LogP contribution in [-0.4, -0.2) is 6.54 Å². The van der Waals surface area contributed by atoms with Gasteiger partial charge in [0.05, 0.1) is 0 Å². The van der Waals surface area contributed by atoms with Crippen LogP contribution < -0.4 is 5.32 Å². The SMILES string of the molecule is CCC(NCC1CCC(C)CC1)c1cccc(Br)c1. The van der Waals surface area contributed by atoms with Gasteiger partial charge in [0.2, 0.25) is 0 Å². The molecule has 0 aliphatic heterocycles. The summed E-state index contributed by atoms with van der Waals surface area (Å²) in [6.07, 6.45) is 6.80. The third kappa shape index (κ3) is 4.61. The highest BCUT2D eigenvalue weighted by Gasteiger charge is 2.19. The van der Waals surface area contributed by atoms with Gasteiger partial charge in [-0.2, -0.15) is 0 Å². The van der Waals surface area contributed by atoms with Crippen LogP contribution in [0.5, 0.6) is 0 Å². The van der Waals surface area contributed by atoms with Gasteiger partial charge in [-0.1, -0.05) is 54.8 Å². The van der Waals surface area contributed by atoms with Crippen molar-refractivity contribution in [1.29, 1.82) is 0 Å². The van der Waals surface area contributed by atoms with E-state index in [9.17, 15) is 0 Å². The summed E-state index contributed by atoms with van der Waals surface area (Å²) in [6, 6.07) is 9.20. The third-order valence-corrected chi connectivity index (χ3v) is 4.94. The van der Waals surface area contributed by atoms with E-state index in [1.807, 2.05) is 0 Å². The molecule has 19 heavy (non-hydrogen) atoms. The molecule has 1 saturated carbocycles. The molecule has 0 radical (unpaired) electrons. The second kappa shape index (κ2) is 7.44. The van der Waals surface area contributed by atoms with Crippen LogP contribution in [0.2, 0.25) is 0 Å². The molecule has 0 heterocycles. The Kier molecular flexibility index (Phi) is 5.90. The van der Waals surface area contributed by atoms with Crippen molar-refractivity contribution in [1.82, 2.24) is 5.32 Å². The molecule has 2 heteroatoms. The molecule has 0 bridgehead atoms. The Hall–Kier alpha value is -0.340. The first-order valence-corrected chi connectivity index (χ1v) is 8.47. The second-order valence-electron chi connectivity index (χ2n) is 6.05. The zero-order valence-electron chi connectivity index (χ0n) is 12.2. The predicted octanol–water partition coefficient (Wildman–Crippen LogP) is 5.32. The lowest BCUT2D eigenvalue weighted by Crippen LogP contribution is -2.29. The van der Waals surface area contributed by atoms with E-state index < -0.39 is 0 Å². The average molecular weight is 324 g/mol. The van der Waals surface area contributed by atoms with Gasteiger partial charge in [-0.15, -0.1) is 0 Å².